The second-order valence-electron chi connectivity index (χ2n) is 14.6. The molecule has 1 saturated heterocycles. The first-order valence-corrected chi connectivity index (χ1v) is 19.3. The fourth-order valence-electron chi connectivity index (χ4n) is 7.65. The molecule has 5 aromatic rings. The van der Waals surface area contributed by atoms with Crippen molar-refractivity contribution in [1.82, 2.24) is 15.1 Å². The number of rotatable bonds is 15. The van der Waals surface area contributed by atoms with E-state index in [1.54, 1.807) is 0 Å². The van der Waals surface area contributed by atoms with Crippen LogP contribution in [0.1, 0.15) is 67.3 Å². The molecule has 1 N–H and O–H groups in total. The molecule has 0 aliphatic carbocycles. The second kappa shape index (κ2) is 19.1. The second-order valence-corrected chi connectivity index (χ2v) is 14.6. The van der Waals surface area contributed by atoms with Crippen LogP contribution in [0.15, 0.2) is 152 Å². The van der Waals surface area contributed by atoms with E-state index in [1.165, 1.54) is 16.7 Å². The highest BCUT2D eigenvalue weighted by Crippen LogP contribution is 2.37. The van der Waals surface area contributed by atoms with Crippen LogP contribution in [0.4, 0.5) is 9.59 Å². The number of ether oxygens (including phenoxy) is 2. The van der Waals surface area contributed by atoms with Crippen LogP contribution < -0.4 is 5.32 Å². The summed E-state index contributed by atoms with van der Waals surface area (Å²) in [6.45, 7) is 6.22. The highest BCUT2D eigenvalue weighted by atomic mass is 16.6. The smallest absolute Gasteiger partial charge is 0.410 e. The molecule has 5 aromatic carbocycles. The zero-order valence-corrected chi connectivity index (χ0v) is 31.6. The summed E-state index contributed by atoms with van der Waals surface area (Å²) in [5.74, 6) is 0.323. The summed E-state index contributed by atoms with van der Waals surface area (Å²) < 4.78 is 11.8. The number of carbonyl (C=O) groups excluding carboxylic acids is 2. The normalized spacial score (nSPS) is 15.9. The molecular formula is C47H53N3O4. The molecule has 6 rings (SSSR count). The minimum Gasteiger partial charge on any atom is -0.445 e. The Morgan fingerprint density at radius 3 is 1.41 bits per heavy atom. The van der Waals surface area contributed by atoms with Crippen molar-refractivity contribution in [2.45, 2.75) is 70.4 Å². The molecule has 1 heterocycles. The lowest BCUT2D eigenvalue weighted by Gasteiger charge is -2.46. The van der Waals surface area contributed by atoms with Gasteiger partial charge in [0.1, 0.15) is 13.2 Å². The van der Waals surface area contributed by atoms with Crippen molar-refractivity contribution < 1.29 is 19.1 Å². The highest BCUT2D eigenvalue weighted by Gasteiger charge is 2.40. The van der Waals surface area contributed by atoms with Crippen molar-refractivity contribution in [3.63, 3.8) is 0 Å². The van der Waals surface area contributed by atoms with Gasteiger partial charge in [0, 0.05) is 13.1 Å². The number of amides is 2. The minimum absolute atomic E-state index is 0.182. The number of hydrogen-bond acceptors (Lipinski definition) is 5. The Morgan fingerprint density at radius 2 is 0.981 bits per heavy atom. The Hall–Kier alpha value is -5.40. The molecule has 1 fully saturated rings. The molecule has 280 valence electrons. The Morgan fingerprint density at radius 1 is 0.593 bits per heavy atom. The van der Waals surface area contributed by atoms with Gasteiger partial charge in [0.05, 0.1) is 17.6 Å². The molecule has 0 bridgehead atoms. The number of hydrogen-bond donors (Lipinski definition) is 1. The van der Waals surface area contributed by atoms with Crippen LogP contribution in [0.25, 0.3) is 0 Å². The molecule has 54 heavy (non-hydrogen) atoms. The van der Waals surface area contributed by atoms with Crippen LogP contribution in [0.5, 0.6) is 0 Å². The zero-order valence-electron chi connectivity index (χ0n) is 31.6. The summed E-state index contributed by atoms with van der Waals surface area (Å²) in [6, 6.07) is 50.9. The fourth-order valence-corrected chi connectivity index (χ4v) is 7.65. The maximum Gasteiger partial charge on any atom is 0.410 e. The molecule has 2 amide bonds. The third kappa shape index (κ3) is 9.77. The number of nitrogens with one attached hydrogen (secondary N) is 1. The van der Waals surface area contributed by atoms with Crippen molar-refractivity contribution in [1.29, 1.82) is 0 Å². The van der Waals surface area contributed by atoms with Gasteiger partial charge in [-0.2, -0.15) is 0 Å². The van der Waals surface area contributed by atoms with Crippen LogP contribution in [0.2, 0.25) is 0 Å². The van der Waals surface area contributed by atoms with Crippen LogP contribution >= 0.6 is 0 Å². The molecule has 0 unspecified atom stereocenters. The van der Waals surface area contributed by atoms with E-state index in [4.69, 9.17) is 9.47 Å². The average molecular weight is 724 g/mol. The summed E-state index contributed by atoms with van der Waals surface area (Å²) in [5, 5.41) is 3.99. The molecule has 7 nitrogen and oxygen atoms in total. The number of unbranched alkanes of at least 4 members (excludes halogenated alkanes) is 1. The standard InChI is InChI=1S/C47H53N3O4/c1-37(2)32-44-34-49(45(51)53-35-38-20-8-3-9-21-38)43(33-50(44)46(52)54-36-39-22-10-4-11-23-39)30-18-19-31-48-47(40-24-12-5-13-25-40,41-26-14-6-15-27-41)42-28-16-7-17-29-42/h3-17,20-29,37,43-44,48H,18-19,30-36H2,1-2H3/t43-,44+/m0/s1. The monoisotopic (exact) mass is 723 g/mol. The first kappa shape index (κ1) is 38.3. The van der Waals surface area contributed by atoms with E-state index < -0.39 is 5.54 Å². The molecule has 0 radical (unpaired) electrons. The van der Waals surface area contributed by atoms with Crippen molar-refractivity contribution in [2.24, 2.45) is 5.92 Å². The number of nitrogens with zero attached hydrogens (tertiary/aromatic N) is 2. The van der Waals surface area contributed by atoms with Gasteiger partial charge in [-0.15, -0.1) is 0 Å². The molecule has 1 aliphatic rings. The van der Waals surface area contributed by atoms with Gasteiger partial charge in [0.2, 0.25) is 0 Å². The van der Waals surface area contributed by atoms with Crippen molar-refractivity contribution in [3.05, 3.63) is 179 Å². The molecule has 0 aromatic heterocycles. The van der Waals surface area contributed by atoms with E-state index >= 15 is 0 Å². The Labute approximate surface area is 320 Å². The SMILES string of the molecule is CC(C)C[C@@H]1CN(C(=O)OCc2ccccc2)[C@@H](CCCCNC(c2ccccc2)(c2ccccc2)c2ccccc2)CN1C(=O)OCc1ccccc1. The predicted octanol–water partition coefficient (Wildman–Crippen LogP) is 9.81. The third-order valence-corrected chi connectivity index (χ3v) is 10.3. The number of piperazine rings is 1. The summed E-state index contributed by atoms with van der Waals surface area (Å²) in [4.78, 5) is 31.3. The number of benzene rings is 5. The molecular weight excluding hydrogens is 671 g/mol. The predicted molar refractivity (Wildman–Crippen MR) is 215 cm³/mol. The van der Waals surface area contributed by atoms with Gasteiger partial charge in [-0.25, -0.2) is 9.59 Å². The Balaban J connectivity index is 1.19. The van der Waals surface area contributed by atoms with E-state index in [2.05, 4.69) is 110 Å². The molecule has 1 aliphatic heterocycles. The lowest BCUT2D eigenvalue weighted by molar-refractivity contribution is 0.00116. The quantitative estimate of drug-likeness (QED) is 0.0861. The largest absolute Gasteiger partial charge is 0.445 e. The first-order chi connectivity index (χ1) is 26.4. The minimum atomic E-state index is -0.550. The zero-order chi connectivity index (χ0) is 37.6. The number of carbonyl (C=O) groups is 2. The van der Waals surface area contributed by atoms with Crippen LogP contribution in [-0.2, 0) is 28.2 Å². The molecule has 0 saturated carbocycles. The van der Waals surface area contributed by atoms with Crippen molar-refractivity contribution >= 4 is 12.2 Å². The summed E-state index contributed by atoms with van der Waals surface area (Å²) in [5.41, 5.74) is 4.84. The maximum absolute atomic E-state index is 13.8. The maximum atomic E-state index is 13.8. The van der Waals surface area contributed by atoms with Crippen molar-refractivity contribution in [3.8, 4) is 0 Å². The summed E-state index contributed by atoms with van der Waals surface area (Å²) in [7, 11) is 0. The van der Waals surface area contributed by atoms with Crippen LogP contribution in [0, 0.1) is 5.92 Å². The van der Waals surface area contributed by atoms with E-state index in [1.807, 2.05) is 70.5 Å². The summed E-state index contributed by atoms with van der Waals surface area (Å²) in [6.07, 6.45) is 2.49. The van der Waals surface area contributed by atoms with Gasteiger partial charge in [-0.05, 0) is 59.5 Å². The lowest BCUT2D eigenvalue weighted by Crippen LogP contribution is -2.61. The highest BCUT2D eigenvalue weighted by molar-refractivity contribution is 5.71. The van der Waals surface area contributed by atoms with Gasteiger partial charge in [-0.1, -0.05) is 172 Å². The first-order valence-electron chi connectivity index (χ1n) is 19.3. The van der Waals surface area contributed by atoms with E-state index in [0.29, 0.717) is 25.4 Å². The Bertz CT molecular complexity index is 1760. The van der Waals surface area contributed by atoms with Crippen LogP contribution in [0.3, 0.4) is 0 Å². The van der Waals surface area contributed by atoms with Gasteiger partial charge >= 0.3 is 12.2 Å². The Kier molecular flexibility index (Phi) is 13.5. The molecule has 2 atom stereocenters. The van der Waals surface area contributed by atoms with Gasteiger partial charge in [-0.3, -0.25) is 5.32 Å². The average Bonchev–Trinajstić information content (AvgIpc) is 3.22. The van der Waals surface area contributed by atoms with E-state index in [9.17, 15) is 9.59 Å². The van der Waals surface area contributed by atoms with Gasteiger partial charge in [0.15, 0.2) is 0 Å². The fraction of sp³-hybridized carbons (Fsp3) is 0.319. The molecule has 0 spiro atoms. The third-order valence-electron chi connectivity index (χ3n) is 10.3. The van der Waals surface area contributed by atoms with Crippen molar-refractivity contribution in [2.75, 3.05) is 19.6 Å². The molecule has 7 heteroatoms. The topological polar surface area (TPSA) is 71.1 Å². The van der Waals surface area contributed by atoms with Crippen LogP contribution in [-0.4, -0.2) is 53.7 Å². The van der Waals surface area contributed by atoms with E-state index in [0.717, 1.165) is 36.9 Å². The summed E-state index contributed by atoms with van der Waals surface area (Å²) >= 11 is 0. The van der Waals surface area contributed by atoms with Gasteiger partial charge < -0.3 is 19.3 Å². The van der Waals surface area contributed by atoms with E-state index in [-0.39, 0.29) is 37.5 Å². The van der Waals surface area contributed by atoms with Gasteiger partial charge in [0.25, 0.3) is 0 Å². The lowest BCUT2D eigenvalue weighted by atomic mass is 9.77.